The Balaban J connectivity index is 1.41. The molecular weight excluding hydrogens is 490 g/mol. The normalized spacial score (nSPS) is 13.4. The van der Waals surface area contributed by atoms with Crippen LogP contribution in [-0.4, -0.2) is 15.0 Å². The van der Waals surface area contributed by atoms with E-state index in [1.54, 1.807) is 0 Å². The van der Waals surface area contributed by atoms with E-state index in [1.165, 1.54) is 22.3 Å². The number of nitrogens with zero attached hydrogens (tertiary/aromatic N) is 3. The second-order valence-corrected chi connectivity index (χ2v) is 10.9. The fraction of sp³-hybridized carbons (Fsp3) is 0.0833. The van der Waals surface area contributed by atoms with Gasteiger partial charge in [0.1, 0.15) is 11.2 Å². The highest BCUT2D eigenvalue weighted by Crippen LogP contribution is 2.53. The fourth-order valence-corrected chi connectivity index (χ4v) is 6.25. The molecule has 1 aliphatic carbocycles. The Morgan fingerprint density at radius 3 is 1.82 bits per heavy atom. The summed E-state index contributed by atoms with van der Waals surface area (Å²) in [5.41, 5.74) is 9.50. The molecule has 0 N–H and O–H groups in total. The molecule has 0 saturated heterocycles. The van der Waals surface area contributed by atoms with Crippen LogP contribution in [0.1, 0.15) is 25.0 Å². The largest absolute Gasteiger partial charge is 0.456 e. The number of benzene rings is 5. The van der Waals surface area contributed by atoms with Crippen LogP contribution in [0.2, 0.25) is 0 Å². The lowest BCUT2D eigenvalue weighted by Crippen LogP contribution is -2.15. The lowest BCUT2D eigenvalue weighted by Gasteiger charge is -2.21. The maximum Gasteiger partial charge on any atom is 0.164 e. The summed E-state index contributed by atoms with van der Waals surface area (Å²) in [5.74, 6) is 1.92. The van der Waals surface area contributed by atoms with Gasteiger partial charge >= 0.3 is 0 Å². The lowest BCUT2D eigenvalue weighted by atomic mass is 9.82. The summed E-state index contributed by atoms with van der Waals surface area (Å²) in [6, 6.07) is 39.4. The third-order valence-electron chi connectivity index (χ3n) is 8.12. The first-order valence-corrected chi connectivity index (χ1v) is 13.6. The SMILES string of the molecule is CC1(C)c2ccccc2-c2ccc3c(oc4cccc(-c5nc(-c6ccccc6)nc(-c6ccccc6)n5)c43)c21. The van der Waals surface area contributed by atoms with E-state index in [0.717, 1.165) is 38.6 Å². The van der Waals surface area contributed by atoms with Crippen molar-refractivity contribution in [2.75, 3.05) is 0 Å². The van der Waals surface area contributed by atoms with Crippen LogP contribution in [0, 0.1) is 0 Å². The molecule has 0 aliphatic heterocycles. The van der Waals surface area contributed by atoms with Crippen LogP contribution < -0.4 is 0 Å². The molecule has 40 heavy (non-hydrogen) atoms. The average Bonchev–Trinajstić information content (AvgIpc) is 3.50. The molecule has 0 saturated carbocycles. The van der Waals surface area contributed by atoms with Crippen molar-refractivity contribution in [3.05, 3.63) is 126 Å². The molecule has 0 bridgehead atoms. The molecule has 0 spiro atoms. The van der Waals surface area contributed by atoms with Gasteiger partial charge in [-0.25, -0.2) is 15.0 Å². The van der Waals surface area contributed by atoms with E-state index in [2.05, 4.69) is 56.3 Å². The van der Waals surface area contributed by atoms with Gasteiger partial charge in [0, 0.05) is 38.4 Å². The van der Waals surface area contributed by atoms with Gasteiger partial charge in [0.25, 0.3) is 0 Å². The average molecular weight is 516 g/mol. The first-order chi connectivity index (χ1) is 19.6. The Morgan fingerprint density at radius 2 is 1.12 bits per heavy atom. The van der Waals surface area contributed by atoms with Crippen molar-refractivity contribution in [1.82, 2.24) is 15.0 Å². The van der Waals surface area contributed by atoms with Gasteiger partial charge in [0.2, 0.25) is 0 Å². The molecule has 0 fully saturated rings. The predicted molar refractivity (Wildman–Crippen MR) is 161 cm³/mol. The van der Waals surface area contributed by atoms with Crippen LogP contribution in [0.25, 0.3) is 67.2 Å². The molecule has 0 radical (unpaired) electrons. The molecule has 4 nitrogen and oxygen atoms in total. The van der Waals surface area contributed by atoms with Crippen molar-refractivity contribution in [1.29, 1.82) is 0 Å². The van der Waals surface area contributed by atoms with Gasteiger partial charge in [-0.05, 0) is 28.8 Å². The van der Waals surface area contributed by atoms with E-state index >= 15 is 0 Å². The van der Waals surface area contributed by atoms with Crippen LogP contribution in [-0.2, 0) is 5.41 Å². The second-order valence-electron chi connectivity index (χ2n) is 10.9. The van der Waals surface area contributed by atoms with Crippen LogP contribution in [0.3, 0.4) is 0 Å². The molecule has 1 aliphatic rings. The third-order valence-corrected chi connectivity index (χ3v) is 8.12. The van der Waals surface area contributed by atoms with Gasteiger partial charge < -0.3 is 4.42 Å². The number of hydrogen-bond acceptors (Lipinski definition) is 4. The fourth-order valence-electron chi connectivity index (χ4n) is 6.25. The van der Waals surface area contributed by atoms with E-state index < -0.39 is 0 Å². The van der Waals surface area contributed by atoms with E-state index in [-0.39, 0.29) is 5.41 Å². The summed E-state index contributed by atoms with van der Waals surface area (Å²) in [6.07, 6.45) is 0. The molecule has 190 valence electrons. The molecule has 2 heterocycles. The molecule has 0 unspecified atom stereocenters. The minimum Gasteiger partial charge on any atom is -0.456 e. The Hall–Kier alpha value is -5.09. The van der Waals surface area contributed by atoms with Crippen molar-refractivity contribution in [2.24, 2.45) is 0 Å². The summed E-state index contributed by atoms with van der Waals surface area (Å²) >= 11 is 0. The molecule has 8 rings (SSSR count). The lowest BCUT2D eigenvalue weighted by molar-refractivity contribution is 0.620. The zero-order valence-electron chi connectivity index (χ0n) is 22.2. The zero-order chi connectivity index (χ0) is 26.8. The second kappa shape index (κ2) is 8.45. The summed E-state index contributed by atoms with van der Waals surface area (Å²) in [5, 5.41) is 2.10. The van der Waals surface area contributed by atoms with E-state index in [1.807, 2.05) is 72.8 Å². The van der Waals surface area contributed by atoms with Gasteiger partial charge in [-0.3, -0.25) is 0 Å². The monoisotopic (exact) mass is 515 g/mol. The van der Waals surface area contributed by atoms with Gasteiger partial charge in [0.05, 0.1) is 0 Å². The topological polar surface area (TPSA) is 51.8 Å². The Morgan fingerprint density at radius 1 is 0.525 bits per heavy atom. The number of hydrogen-bond donors (Lipinski definition) is 0. The smallest absolute Gasteiger partial charge is 0.164 e. The maximum atomic E-state index is 6.68. The van der Waals surface area contributed by atoms with Crippen LogP contribution >= 0.6 is 0 Å². The summed E-state index contributed by atoms with van der Waals surface area (Å²) < 4.78 is 6.68. The van der Waals surface area contributed by atoms with Crippen LogP contribution in [0.5, 0.6) is 0 Å². The molecule has 0 amide bonds. The third kappa shape index (κ3) is 3.29. The van der Waals surface area contributed by atoms with Crippen molar-refractivity contribution < 1.29 is 4.42 Å². The number of rotatable bonds is 3. The summed E-state index contributed by atoms with van der Waals surface area (Å²) in [6.45, 7) is 4.57. The minimum atomic E-state index is -0.173. The maximum absolute atomic E-state index is 6.68. The highest BCUT2D eigenvalue weighted by Gasteiger charge is 2.38. The number of aromatic nitrogens is 3. The van der Waals surface area contributed by atoms with Gasteiger partial charge in [-0.2, -0.15) is 0 Å². The molecule has 7 aromatic rings. The van der Waals surface area contributed by atoms with E-state index in [9.17, 15) is 0 Å². The predicted octanol–water partition coefficient (Wildman–Crippen LogP) is 9.08. The number of furan rings is 1. The van der Waals surface area contributed by atoms with Crippen LogP contribution in [0.4, 0.5) is 0 Å². The molecule has 2 aromatic heterocycles. The van der Waals surface area contributed by atoms with Gasteiger partial charge in [-0.1, -0.05) is 117 Å². The zero-order valence-corrected chi connectivity index (χ0v) is 22.2. The minimum absolute atomic E-state index is 0.173. The van der Waals surface area contributed by atoms with Gasteiger partial charge in [0.15, 0.2) is 17.5 Å². The Bertz CT molecular complexity index is 2020. The highest BCUT2D eigenvalue weighted by molar-refractivity contribution is 6.14. The number of fused-ring (bicyclic) bond motifs is 7. The highest BCUT2D eigenvalue weighted by atomic mass is 16.3. The van der Waals surface area contributed by atoms with Crippen molar-refractivity contribution in [3.63, 3.8) is 0 Å². The van der Waals surface area contributed by atoms with Crippen molar-refractivity contribution in [2.45, 2.75) is 19.3 Å². The van der Waals surface area contributed by atoms with E-state index in [0.29, 0.717) is 17.5 Å². The molecule has 0 atom stereocenters. The quantitative estimate of drug-likeness (QED) is 0.235. The molecule has 5 aromatic carbocycles. The summed E-state index contributed by atoms with van der Waals surface area (Å²) in [4.78, 5) is 14.9. The van der Waals surface area contributed by atoms with E-state index in [4.69, 9.17) is 19.4 Å². The van der Waals surface area contributed by atoms with Crippen LogP contribution in [0.15, 0.2) is 120 Å². The first kappa shape index (κ1) is 22.9. The van der Waals surface area contributed by atoms with Crippen molar-refractivity contribution >= 4 is 21.9 Å². The molecular formula is C36H25N3O. The first-order valence-electron chi connectivity index (χ1n) is 13.6. The van der Waals surface area contributed by atoms with Crippen molar-refractivity contribution in [3.8, 4) is 45.3 Å². The Kier molecular flexibility index (Phi) is 4.83. The van der Waals surface area contributed by atoms with Gasteiger partial charge in [-0.15, -0.1) is 0 Å². The summed E-state index contributed by atoms with van der Waals surface area (Å²) in [7, 11) is 0. The standard InChI is InChI=1S/C36H25N3O/c1-36(2)28-18-10-9-16-24(28)25-20-21-26-30-27(17-11-19-29(30)40-32(26)31(25)36)35-38-33(22-12-5-3-6-13-22)37-34(39-35)23-14-7-4-8-15-23/h3-21H,1-2H3. The Labute approximate surface area is 232 Å². The molecule has 4 heteroatoms.